The van der Waals surface area contributed by atoms with Crippen LogP contribution in [0.3, 0.4) is 0 Å². The van der Waals surface area contributed by atoms with Crippen molar-refractivity contribution in [3.05, 3.63) is 12.0 Å². The first-order valence-electron chi connectivity index (χ1n) is 3.47. The van der Waals surface area contributed by atoms with E-state index in [-0.39, 0.29) is 6.61 Å². The van der Waals surface area contributed by atoms with Gasteiger partial charge in [0.2, 0.25) is 0 Å². The summed E-state index contributed by atoms with van der Waals surface area (Å²) in [6.45, 7) is -0.193. The molecule has 0 aromatic carbocycles. The van der Waals surface area contributed by atoms with Gasteiger partial charge in [0, 0.05) is 6.42 Å². The van der Waals surface area contributed by atoms with E-state index in [9.17, 15) is 5.11 Å². The summed E-state index contributed by atoms with van der Waals surface area (Å²) in [5.74, 6) is 0.370. The van der Waals surface area contributed by atoms with Crippen LogP contribution < -0.4 is 0 Å². The van der Waals surface area contributed by atoms with Crippen molar-refractivity contribution >= 4 is 0 Å². The molecule has 4 heteroatoms. The largest absolute Gasteiger partial charge is 0.469 e. The highest BCUT2D eigenvalue weighted by Gasteiger charge is 2.24. The fourth-order valence-electron chi connectivity index (χ4n) is 0.935. The lowest BCUT2D eigenvalue weighted by molar-refractivity contribution is -0.0868. The Kier molecular flexibility index (Phi) is 2.73. The third kappa shape index (κ3) is 1.85. The number of hydrogen-bond acceptors (Lipinski definition) is 4. The first-order chi connectivity index (χ1) is 5.27. The van der Waals surface area contributed by atoms with Crippen molar-refractivity contribution in [2.24, 2.45) is 0 Å². The van der Waals surface area contributed by atoms with Gasteiger partial charge in [-0.1, -0.05) is 0 Å². The number of methoxy groups -OCH3 is 1. The van der Waals surface area contributed by atoms with E-state index in [1.54, 1.807) is 6.08 Å². The van der Waals surface area contributed by atoms with Crippen molar-refractivity contribution in [2.45, 2.75) is 18.6 Å². The Hall–Kier alpha value is -0.740. The quantitative estimate of drug-likeness (QED) is 0.578. The summed E-state index contributed by atoms with van der Waals surface area (Å²) in [6, 6.07) is 0. The molecule has 0 aromatic rings. The zero-order chi connectivity index (χ0) is 8.27. The number of aliphatic hydroxyl groups excluding tert-OH is 2. The minimum Gasteiger partial charge on any atom is -0.469 e. The summed E-state index contributed by atoms with van der Waals surface area (Å²) in [5, 5.41) is 17.9. The van der Waals surface area contributed by atoms with E-state index >= 15 is 0 Å². The van der Waals surface area contributed by atoms with Crippen LogP contribution in [0.2, 0.25) is 0 Å². The molecule has 0 spiro atoms. The first-order valence-corrected chi connectivity index (χ1v) is 3.47. The van der Waals surface area contributed by atoms with Gasteiger partial charge in [-0.25, -0.2) is 0 Å². The van der Waals surface area contributed by atoms with Gasteiger partial charge in [0.25, 0.3) is 5.95 Å². The lowest BCUT2D eigenvalue weighted by atomic mass is 10.1. The van der Waals surface area contributed by atoms with E-state index in [0.29, 0.717) is 12.4 Å². The predicted octanol–water partition coefficient (Wildman–Crippen LogP) is -0.384. The van der Waals surface area contributed by atoms with Crippen LogP contribution in [0.1, 0.15) is 6.42 Å². The molecule has 0 bridgehead atoms. The van der Waals surface area contributed by atoms with Crippen LogP contribution in [0.5, 0.6) is 0 Å². The SMILES string of the molecule is COC1=CCC(O)C(CO)O1. The minimum atomic E-state index is -0.626. The Bertz CT molecular complexity index is 155. The van der Waals surface area contributed by atoms with Crippen molar-refractivity contribution < 1.29 is 19.7 Å². The number of ether oxygens (including phenoxy) is 2. The predicted molar refractivity (Wildman–Crippen MR) is 37.7 cm³/mol. The summed E-state index contributed by atoms with van der Waals surface area (Å²) in [4.78, 5) is 0. The standard InChI is InChI=1S/C7H12O4/c1-10-7-3-2-5(9)6(4-8)11-7/h3,5-6,8-9H,2,4H2,1H3. The van der Waals surface area contributed by atoms with E-state index in [1.807, 2.05) is 0 Å². The van der Waals surface area contributed by atoms with Crippen molar-refractivity contribution in [3.63, 3.8) is 0 Å². The molecule has 0 aromatic heterocycles. The van der Waals surface area contributed by atoms with Crippen LogP contribution >= 0.6 is 0 Å². The molecule has 4 nitrogen and oxygen atoms in total. The molecule has 64 valence electrons. The van der Waals surface area contributed by atoms with Gasteiger partial charge in [0.15, 0.2) is 6.10 Å². The molecule has 2 atom stereocenters. The molecule has 2 N–H and O–H groups in total. The van der Waals surface area contributed by atoms with Gasteiger partial charge in [0.1, 0.15) is 0 Å². The highest BCUT2D eigenvalue weighted by molar-refractivity contribution is 4.94. The molecule has 0 saturated carbocycles. The summed E-state index contributed by atoms with van der Waals surface area (Å²) >= 11 is 0. The molecule has 0 fully saturated rings. The van der Waals surface area contributed by atoms with E-state index < -0.39 is 12.2 Å². The van der Waals surface area contributed by atoms with Gasteiger partial charge in [0.05, 0.1) is 19.8 Å². The Balaban J connectivity index is 2.53. The Morgan fingerprint density at radius 3 is 3.09 bits per heavy atom. The molecule has 1 heterocycles. The van der Waals surface area contributed by atoms with Crippen LogP contribution in [0.15, 0.2) is 12.0 Å². The average Bonchev–Trinajstić information content (AvgIpc) is 2.05. The smallest absolute Gasteiger partial charge is 0.275 e. The molecular formula is C7H12O4. The average molecular weight is 160 g/mol. The Morgan fingerprint density at radius 1 is 1.82 bits per heavy atom. The second kappa shape index (κ2) is 3.59. The Morgan fingerprint density at radius 2 is 2.55 bits per heavy atom. The normalized spacial score (nSPS) is 30.6. The third-order valence-electron chi connectivity index (χ3n) is 1.60. The van der Waals surface area contributed by atoms with Crippen LogP contribution in [-0.4, -0.2) is 36.1 Å². The van der Waals surface area contributed by atoms with Crippen LogP contribution in [0.25, 0.3) is 0 Å². The van der Waals surface area contributed by atoms with Gasteiger partial charge in [-0.2, -0.15) is 0 Å². The van der Waals surface area contributed by atoms with Gasteiger partial charge in [-0.3, -0.25) is 0 Å². The molecule has 1 aliphatic heterocycles. The monoisotopic (exact) mass is 160 g/mol. The van der Waals surface area contributed by atoms with Gasteiger partial charge < -0.3 is 19.7 Å². The zero-order valence-corrected chi connectivity index (χ0v) is 6.36. The molecule has 0 amide bonds. The third-order valence-corrected chi connectivity index (χ3v) is 1.60. The van der Waals surface area contributed by atoms with Crippen molar-refractivity contribution in [1.29, 1.82) is 0 Å². The fourth-order valence-corrected chi connectivity index (χ4v) is 0.935. The first kappa shape index (κ1) is 8.36. The maximum Gasteiger partial charge on any atom is 0.275 e. The number of aliphatic hydroxyl groups is 2. The summed E-state index contributed by atoms with van der Waals surface area (Å²) in [6.07, 6.45) is 0.944. The van der Waals surface area contributed by atoms with Gasteiger partial charge >= 0.3 is 0 Å². The highest BCUT2D eigenvalue weighted by Crippen LogP contribution is 2.16. The molecule has 0 saturated heterocycles. The molecule has 0 radical (unpaired) electrons. The Labute approximate surface area is 65.0 Å². The molecular weight excluding hydrogens is 148 g/mol. The van der Waals surface area contributed by atoms with Gasteiger partial charge in [-0.05, 0) is 6.08 Å². The number of hydrogen-bond donors (Lipinski definition) is 2. The maximum atomic E-state index is 9.20. The zero-order valence-electron chi connectivity index (χ0n) is 6.36. The van der Waals surface area contributed by atoms with Crippen LogP contribution in [-0.2, 0) is 9.47 Å². The van der Waals surface area contributed by atoms with E-state index in [0.717, 1.165) is 0 Å². The highest BCUT2D eigenvalue weighted by atomic mass is 16.7. The molecule has 11 heavy (non-hydrogen) atoms. The summed E-state index contributed by atoms with van der Waals surface area (Å²) in [5.41, 5.74) is 0. The minimum absolute atomic E-state index is 0.193. The van der Waals surface area contributed by atoms with E-state index in [4.69, 9.17) is 14.6 Å². The molecule has 1 aliphatic rings. The molecule has 1 rings (SSSR count). The van der Waals surface area contributed by atoms with Gasteiger partial charge in [-0.15, -0.1) is 0 Å². The van der Waals surface area contributed by atoms with Crippen molar-refractivity contribution in [1.82, 2.24) is 0 Å². The van der Waals surface area contributed by atoms with Crippen molar-refractivity contribution in [3.8, 4) is 0 Å². The van der Waals surface area contributed by atoms with Crippen LogP contribution in [0.4, 0.5) is 0 Å². The fraction of sp³-hybridized carbons (Fsp3) is 0.714. The van der Waals surface area contributed by atoms with Crippen LogP contribution in [0, 0.1) is 0 Å². The molecule has 0 aliphatic carbocycles. The number of rotatable bonds is 2. The van der Waals surface area contributed by atoms with Crippen molar-refractivity contribution in [2.75, 3.05) is 13.7 Å². The topological polar surface area (TPSA) is 58.9 Å². The second-order valence-electron chi connectivity index (χ2n) is 2.37. The lowest BCUT2D eigenvalue weighted by Gasteiger charge is -2.26. The maximum absolute atomic E-state index is 9.20. The summed E-state index contributed by atoms with van der Waals surface area (Å²) in [7, 11) is 1.48. The lowest BCUT2D eigenvalue weighted by Crippen LogP contribution is -2.34. The second-order valence-corrected chi connectivity index (χ2v) is 2.37. The summed E-state index contributed by atoms with van der Waals surface area (Å²) < 4.78 is 9.82. The van der Waals surface area contributed by atoms with E-state index in [2.05, 4.69) is 0 Å². The molecule has 2 unspecified atom stereocenters. The van der Waals surface area contributed by atoms with E-state index in [1.165, 1.54) is 7.11 Å².